The maximum atomic E-state index is 12.0. The van der Waals surface area contributed by atoms with Crippen LogP contribution in [-0.4, -0.2) is 35.0 Å². The van der Waals surface area contributed by atoms with E-state index in [1.165, 1.54) is 17.3 Å². The summed E-state index contributed by atoms with van der Waals surface area (Å²) < 4.78 is 6.96. The number of thioether (sulfide) groups is 2. The maximum Gasteiger partial charge on any atom is 0.233 e. The smallest absolute Gasteiger partial charge is 0.233 e. The molecule has 1 aliphatic heterocycles. The van der Waals surface area contributed by atoms with Crippen LogP contribution in [0.3, 0.4) is 0 Å². The summed E-state index contributed by atoms with van der Waals surface area (Å²) in [6.07, 6.45) is 3.04. The van der Waals surface area contributed by atoms with Crippen molar-refractivity contribution in [3.8, 4) is 5.75 Å². The number of hydrogen-bond donors (Lipinski definition) is 1. The predicted octanol–water partition coefficient (Wildman–Crippen LogP) is 3.60. The zero-order chi connectivity index (χ0) is 16.8. The van der Waals surface area contributed by atoms with Gasteiger partial charge in [-0.2, -0.15) is 0 Å². The minimum atomic E-state index is -0.0418. The molecule has 128 valence electrons. The Morgan fingerprint density at radius 3 is 2.83 bits per heavy atom. The van der Waals surface area contributed by atoms with Crippen LogP contribution in [0.25, 0.3) is 0 Å². The van der Waals surface area contributed by atoms with Crippen molar-refractivity contribution in [2.45, 2.75) is 38.9 Å². The van der Waals surface area contributed by atoms with Crippen LogP contribution in [0.4, 0.5) is 0 Å². The lowest BCUT2D eigenvalue weighted by Gasteiger charge is -2.09. The average molecular weight is 382 g/mol. The van der Waals surface area contributed by atoms with Gasteiger partial charge in [-0.3, -0.25) is 4.79 Å². The highest BCUT2D eigenvalue weighted by Gasteiger charge is 2.23. The number of aromatic nitrogens is 2. The monoisotopic (exact) mass is 381 g/mol. The lowest BCUT2D eigenvalue weighted by atomic mass is 10.2. The van der Waals surface area contributed by atoms with Gasteiger partial charge in [0.2, 0.25) is 5.91 Å². The van der Waals surface area contributed by atoms with Crippen LogP contribution in [0.15, 0.2) is 32.9 Å². The van der Waals surface area contributed by atoms with E-state index in [2.05, 4.69) is 27.6 Å². The van der Waals surface area contributed by atoms with Gasteiger partial charge in [-0.05, 0) is 30.5 Å². The van der Waals surface area contributed by atoms with E-state index < -0.39 is 0 Å². The number of carbonyl (C=O) groups is 1. The quantitative estimate of drug-likeness (QED) is 0.772. The number of rotatable bonds is 6. The van der Waals surface area contributed by atoms with Crippen LogP contribution >= 0.6 is 34.9 Å². The molecule has 0 unspecified atom stereocenters. The number of nitrogens with zero attached hydrogens (tertiary/aromatic N) is 2. The number of nitrogens with one attached hydrogen (secondary N) is 1. The molecule has 2 aromatic rings. The van der Waals surface area contributed by atoms with Crippen molar-refractivity contribution in [1.29, 1.82) is 0 Å². The van der Waals surface area contributed by atoms with Gasteiger partial charge in [-0.15, -0.1) is 10.2 Å². The van der Waals surface area contributed by atoms with Gasteiger partial charge < -0.3 is 10.1 Å². The molecule has 0 radical (unpaired) electrons. The van der Waals surface area contributed by atoms with E-state index in [1.807, 2.05) is 12.1 Å². The first kappa shape index (κ1) is 17.6. The first-order valence-electron chi connectivity index (χ1n) is 7.78. The van der Waals surface area contributed by atoms with Crippen molar-refractivity contribution in [3.05, 3.63) is 29.8 Å². The third-order valence-electron chi connectivity index (χ3n) is 3.64. The zero-order valence-corrected chi connectivity index (χ0v) is 15.8. The zero-order valence-electron chi connectivity index (χ0n) is 13.4. The number of amides is 1. The SMILES string of the molecule is COc1ccc(CSc2nnc(S[C@@H]3CCCCNC3=O)s2)cc1. The summed E-state index contributed by atoms with van der Waals surface area (Å²) in [6.45, 7) is 0.787. The number of ether oxygens (including phenoxy) is 1. The van der Waals surface area contributed by atoms with Crippen molar-refractivity contribution in [3.63, 3.8) is 0 Å². The third-order valence-corrected chi connectivity index (χ3v) is 7.12. The molecule has 2 heterocycles. The molecular weight excluding hydrogens is 362 g/mol. The second kappa shape index (κ2) is 8.73. The summed E-state index contributed by atoms with van der Waals surface area (Å²) in [7, 11) is 1.67. The Hall–Kier alpha value is -1.25. The van der Waals surface area contributed by atoms with E-state index in [1.54, 1.807) is 30.2 Å². The highest BCUT2D eigenvalue weighted by molar-refractivity contribution is 8.03. The van der Waals surface area contributed by atoms with Crippen LogP contribution in [0, 0.1) is 0 Å². The highest BCUT2D eigenvalue weighted by Crippen LogP contribution is 2.34. The Balaban J connectivity index is 1.53. The van der Waals surface area contributed by atoms with Crippen molar-refractivity contribution in [2.75, 3.05) is 13.7 Å². The molecule has 1 atom stereocenters. The van der Waals surface area contributed by atoms with Crippen molar-refractivity contribution in [2.24, 2.45) is 0 Å². The van der Waals surface area contributed by atoms with E-state index >= 15 is 0 Å². The van der Waals surface area contributed by atoms with E-state index in [0.29, 0.717) is 0 Å². The molecule has 5 nitrogen and oxygen atoms in total. The Kier molecular flexibility index (Phi) is 6.39. The van der Waals surface area contributed by atoms with Crippen LogP contribution in [0.1, 0.15) is 24.8 Å². The summed E-state index contributed by atoms with van der Waals surface area (Å²) in [4.78, 5) is 12.0. The third kappa shape index (κ3) is 4.87. The number of carbonyl (C=O) groups excluding carboxylic acids is 1. The van der Waals surface area contributed by atoms with Gasteiger partial charge in [-0.25, -0.2) is 0 Å². The second-order valence-electron chi connectivity index (χ2n) is 5.36. The summed E-state index contributed by atoms with van der Waals surface area (Å²) in [6, 6.07) is 8.03. The van der Waals surface area contributed by atoms with Gasteiger partial charge in [-0.1, -0.05) is 53.4 Å². The molecule has 8 heteroatoms. The molecule has 24 heavy (non-hydrogen) atoms. The number of benzene rings is 1. The molecule has 1 N–H and O–H groups in total. The van der Waals surface area contributed by atoms with Crippen molar-refractivity contribution >= 4 is 40.8 Å². The number of hydrogen-bond acceptors (Lipinski definition) is 7. The van der Waals surface area contributed by atoms with Crippen LogP contribution in [0.5, 0.6) is 5.75 Å². The molecule has 0 bridgehead atoms. The second-order valence-corrected chi connectivity index (χ2v) is 9.01. The van der Waals surface area contributed by atoms with Gasteiger partial charge >= 0.3 is 0 Å². The van der Waals surface area contributed by atoms with E-state index in [4.69, 9.17) is 4.74 Å². The van der Waals surface area contributed by atoms with E-state index in [-0.39, 0.29) is 11.2 Å². The van der Waals surface area contributed by atoms with Crippen LogP contribution in [0.2, 0.25) is 0 Å². The van der Waals surface area contributed by atoms with Gasteiger partial charge in [0, 0.05) is 12.3 Å². The van der Waals surface area contributed by atoms with Gasteiger partial charge in [0.15, 0.2) is 8.68 Å². The van der Waals surface area contributed by atoms with Gasteiger partial charge in [0.05, 0.1) is 12.4 Å². The normalized spacial score (nSPS) is 18.0. The molecule has 0 saturated carbocycles. The largest absolute Gasteiger partial charge is 0.497 e. The standard InChI is InChI=1S/C16H19N3O2S3/c1-21-12-7-5-11(6-8-12)10-22-15-18-19-16(24-15)23-13-4-2-3-9-17-14(13)20/h5-8,13H,2-4,9-10H2,1H3,(H,17,20)/t13-/m1/s1. The maximum absolute atomic E-state index is 12.0. The van der Waals surface area contributed by atoms with Gasteiger partial charge in [0.1, 0.15) is 5.75 Å². The molecule has 1 fully saturated rings. The molecule has 3 rings (SSSR count). The number of methoxy groups -OCH3 is 1. The first-order chi connectivity index (χ1) is 11.7. The lowest BCUT2D eigenvalue weighted by molar-refractivity contribution is -0.120. The minimum Gasteiger partial charge on any atom is -0.497 e. The molecule has 1 aromatic heterocycles. The van der Waals surface area contributed by atoms with E-state index in [9.17, 15) is 4.79 Å². The van der Waals surface area contributed by atoms with Crippen LogP contribution < -0.4 is 10.1 Å². The molecule has 0 aliphatic carbocycles. The summed E-state index contributed by atoms with van der Waals surface area (Å²) in [5.74, 6) is 1.83. The average Bonchev–Trinajstić information content (AvgIpc) is 2.96. The molecule has 1 aliphatic rings. The summed E-state index contributed by atoms with van der Waals surface area (Å²) in [5.41, 5.74) is 1.22. The van der Waals surface area contributed by atoms with Gasteiger partial charge in [0.25, 0.3) is 0 Å². The molecule has 1 aromatic carbocycles. The fraction of sp³-hybridized carbons (Fsp3) is 0.438. The topological polar surface area (TPSA) is 64.1 Å². The Bertz CT molecular complexity index is 675. The highest BCUT2D eigenvalue weighted by atomic mass is 32.2. The lowest BCUT2D eigenvalue weighted by Crippen LogP contribution is -2.30. The Morgan fingerprint density at radius 1 is 1.25 bits per heavy atom. The van der Waals surface area contributed by atoms with Crippen LogP contribution in [-0.2, 0) is 10.5 Å². The molecular formula is C16H19N3O2S3. The predicted molar refractivity (Wildman–Crippen MR) is 99.0 cm³/mol. The summed E-state index contributed by atoms with van der Waals surface area (Å²) >= 11 is 4.76. The molecule has 0 spiro atoms. The fourth-order valence-corrected chi connectivity index (χ4v) is 5.60. The minimum absolute atomic E-state index is 0.0418. The fourth-order valence-electron chi connectivity index (χ4n) is 2.32. The first-order valence-corrected chi connectivity index (χ1v) is 10.5. The van der Waals surface area contributed by atoms with Crippen molar-refractivity contribution < 1.29 is 9.53 Å². The Labute approximate surface area is 154 Å². The summed E-state index contributed by atoms with van der Waals surface area (Å²) in [5, 5.41) is 11.4. The van der Waals surface area contributed by atoms with Crippen molar-refractivity contribution in [1.82, 2.24) is 15.5 Å². The van der Waals surface area contributed by atoms with E-state index in [0.717, 1.165) is 46.0 Å². The molecule has 1 amide bonds. The Morgan fingerprint density at radius 2 is 2.04 bits per heavy atom. The molecule has 1 saturated heterocycles.